The molecule has 0 unspecified atom stereocenters. The fraction of sp³-hybridized carbons (Fsp3) is 0.800. The number of hydrogen-bond acceptors (Lipinski definition) is 1. The molecular weight excluding hydrogens is 152 g/mol. The van der Waals surface area contributed by atoms with Crippen LogP contribution in [-0.2, 0) is 0 Å². The second-order valence-electron chi connectivity index (χ2n) is 3.20. The quantitative estimate of drug-likeness (QED) is 0.608. The van der Waals surface area contributed by atoms with Gasteiger partial charge in [-0.3, -0.25) is 0 Å². The molecule has 11 heavy (non-hydrogen) atoms. The van der Waals surface area contributed by atoms with E-state index in [4.69, 9.17) is 1.37 Å². The predicted octanol–water partition coefficient (Wildman–Crippen LogP) is 3.83. The van der Waals surface area contributed by atoms with Crippen molar-refractivity contribution in [3.8, 4) is 0 Å². The van der Waals surface area contributed by atoms with Crippen molar-refractivity contribution >= 4 is 11.8 Å². The van der Waals surface area contributed by atoms with Gasteiger partial charge in [0.2, 0.25) is 0 Å². The highest BCUT2D eigenvalue weighted by atomic mass is 32.2. The van der Waals surface area contributed by atoms with Gasteiger partial charge in [-0.1, -0.05) is 24.8 Å². The Bertz CT molecular complexity index is 169. The van der Waals surface area contributed by atoms with Crippen molar-refractivity contribution in [2.24, 2.45) is 5.89 Å². The second kappa shape index (κ2) is 4.87. The van der Waals surface area contributed by atoms with E-state index in [2.05, 4.69) is 18.6 Å². The van der Waals surface area contributed by atoms with Crippen molar-refractivity contribution in [2.75, 3.05) is 6.26 Å². The molecular formula is C10H18S. The van der Waals surface area contributed by atoms with Crippen LogP contribution in [0.25, 0.3) is 0 Å². The number of hydrogen-bond donors (Lipinski definition) is 0. The van der Waals surface area contributed by atoms with E-state index in [-0.39, 0.29) is 5.89 Å². The van der Waals surface area contributed by atoms with Crippen LogP contribution in [0.15, 0.2) is 11.0 Å². The molecule has 64 valence electrons. The van der Waals surface area contributed by atoms with Crippen molar-refractivity contribution in [2.45, 2.75) is 39.0 Å². The SMILES string of the molecule is [2H]C1(/C(C)=C/SC)CCCCC1. The van der Waals surface area contributed by atoms with E-state index in [9.17, 15) is 0 Å². The Kier molecular flexibility index (Phi) is 3.42. The van der Waals surface area contributed by atoms with Crippen LogP contribution in [0, 0.1) is 5.89 Å². The summed E-state index contributed by atoms with van der Waals surface area (Å²) >= 11 is 1.72. The van der Waals surface area contributed by atoms with Crippen LogP contribution in [0.4, 0.5) is 0 Å². The molecule has 0 amide bonds. The topological polar surface area (TPSA) is 0 Å². The average molecular weight is 171 g/mol. The van der Waals surface area contributed by atoms with Crippen LogP contribution in [-0.4, -0.2) is 6.26 Å². The summed E-state index contributed by atoms with van der Waals surface area (Å²) in [5.41, 5.74) is 1.26. The third-order valence-electron chi connectivity index (χ3n) is 2.31. The van der Waals surface area contributed by atoms with Gasteiger partial charge in [0.25, 0.3) is 0 Å². The van der Waals surface area contributed by atoms with Gasteiger partial charge < -0.3 is 0 Å². The normalized spacial score (nSPS) is 26.4. The zero-order chi connectivity index (χ0) is 9.03. The molecule has 0 aromatic heterocycles. The molecule has 1 fully saturated rings. The fourth-order valence-corrected chi connectivity index (χ4v) is 2.15. The first kappa shape index (κ1) is 7.72. The van der Waals surface area contributed by atoms with Gasteiger partial charge in [-0.2, -0.15) is 0 Å². The standard InChI is InChI=1S/C10H18S/c1-9(8-11-2)10-6-4-3-5-7-10/h8,10H,3-7H2,1-2H3/b9-8+/i10D. The maximum Gasteiger partial charge on any atom is 0.0349 e. The van der Waals surface area contributed by atoms with Crippen molar-refractivity contribution in [1.82, 2.24) is 0 Å². The Morgan fingerprint density at radius 3 is 2.64 bits per heavy atom. The van der Waals surface area contributed by atoms with Gasteiger partial charge in [-0.25, -0.2) is 0 Å². The maximum absolute atomic E-state index is 8.25. The molecule has 0 aliphatic heterocycles. The summed E-state index contributed by atoms with van der Waals surface area (Å²) in [5, 5.41) is 2.14. The van der Waals surface area contributed by atoms with Crippen molar-refractivity contribution in [1.29, 1.82) is 0 Å². The van der Waals surface area contributed by atoms with Crippen LogP contribution in [0.3, 0.4) is 0 Å². The Balaban J connectivity index is 2.62. The van der Waals surface area contributed by atoms with Gasteiger partial charge in [0.1, 0.15) is 0 Å². The summed E-state index contributed by atoms with van der Waals surface area (Å²) < 4.78 is 8.25. The number of allylic oxidation sites excluding steroid dienone is 1. The summed E-state index contributed by atoms with van der Waals surface area (Å²) in [7, 11) is 0. The lowest BCUT2D eigenvalue weighted by molar-refractivity contribution is 0.403. The monoisotopic (exact) mass is 171 g/mol. The Labute approximate surface area is 75.9 Å². The lowest BCUT2D eigenvalue weighted by atomic mass is 9.85. The minimum absolute atomic E-state index is 0.221. The molecule has 1 aliphatic carbocycles. The largest absolute Gasteiger partial charge is 0.138 e. The lowest BCUT2D eigenvalue weighted by Crippen LogP contribution is -2.06. The zero-order valence-corrected chi connectivity index (χ0v) is 8.34. The van der Waals surface area contributed by atoms with Gasteiger partial charge in [0.15, 0.2) is 0 Å². The van der Waals surface area contributed by atoms with Gasteiger partial charge in [-0.05, 0) is 37.3 Å². The lowest BCUT2D eigenvalue weighted by Gasteiger charge is -2.21. The van der Waals surface area contributed by atoms with Gasteiger partial charge in [-0.15, -0.1) is 11.8 Å². The average Bonchev–Trinajstić information content (AvgIpc) is 2.06. The maximum atomic E-state index is 8.25. The molecule has 0 aromatic carbocycles. The molecule has 0 saturated heterocycles. The Morgan fingerprint density at radius 2 is 2.09 bits per heavy atom. The summed E-state index contributed by atoms with van der Waals surface area (Å²) in [4.78, 5) is 0. The van der Waals surface area contributed by atoms with Gasteiger partial charge >= 0.3 is 0 Å². The van der Waals surface area contributed by atoms with Crippen LogP contribution < -0.4 is 0 Å². The first-order valence-electron chi connectivity index (χ1n) is 4.89. The third-order valence-corrected chi connectivity index (χ3v) is 2.90. The second-order valence-corrected chi connectivity index (χ2v) is 3.91. The zero-order valence-electron chi connectivity index (χ0n) is 8.52. The first-order chi connectivity index (χ1) is 5.69. The molecule has 0 radical (unpaired) electrons. The van der Waals surface area contributed by atoms with Gasteiger partial charge in [0.05, 0.1) is 0 Å². The van der Waals surface area contributed by atoms with E-state index in [1.807, 2.05) is 0 Å². The number of rotatable bonds is 2. The highest BCUT2D eigenvalue weighted by Gasteiger charge is 2.13. The summed E-state index contributed by atoms with van der Waals surface area (Å²) in [6, 6.07) is 0. The predicted molar refractivity (Wildman–Crippen MR) is 53.8 cm³/mol. The van der Waals surface area contributed by atoms with E-state index in [1.165, 1.54) is 24.8 Å². The highest BCUT2D eigenvalue weighted by Crippen LogP contribution is 2.30. The molecule has 1 heteroatoms. The van der Waals surface area contributed by atoms with E-state index >= 15 is 0 Å². The van der Waals surface area contributed by atoms with Crippen LogP contribution in [0.5, 0.6) is 0 Å². The molecule has 0 heterocycles. The van der Waals surface area contributed by atoms with Crippen molar-refractivity contribution in [3.63, 3.8) is 0 Å². The van der Waals surface area contributed by atoms with E-state index in [0.29, 0.717) is 0 Å². The van der Waals surface area contributed by atoms with Crippen molar-refractivity contribution < 1.29 is 1.37 Å². The van der Waals surface area contributed by atoms with E-state index in [1.54, 1.807) is 11.8 Å². The van der Waals surface area contributed by atoms with E-state index in [0.717, 1.165) is 12.8 Å². The summed E-state index contributed by atoms with van der Waals surface area (Å²) in [5.74, 6) is -0.221. The fourth-order valence-electron chi connectivity index (χ4n) is 1.63. The van der Waals surface area contributed by atoms with Crippen LogP contribution >= 0.6 is 11.8 Å². The number of thioether (sulfide) groups is 1. The molecule has 0 spiro atoms. The summed E-state index contributed by atoms with van der Waals surface area (Å²) in [6.45, 7) is 2.11. The summed E-state index contributed by atoms with van der Waals surface area (Å²) in [6.07, 6.45) is 8.00. The van der Waals surface area contributed by atoms with Crippen LogP contribution in [0.2, 0.25) is 0 Å². The Hall–Kier alpha value is 0.0900. The molecule has 0 atom stereocenters. The first-order valence-corrected chi connectivity index (χ1v) is 5.68. The molecule has 1 saturated carbocycles. The third kappa shape index (κ3) is 2.90. The highest BCUT2D eigenvalue weighted by molar-refractivity contribution is 8.01. The minimum Gasteiger partial charge on any atom is -0.138 e. The molecule has 0 aromatic rings. The molecule has 0 N–H and O–H groups in total. The smallest absolute Gasteiger partial charge is 0.0349 e. The van der Waals surface area contributed by atoms with Crippen LogP contribution in [0.1, 0.15) is 40.4 Å². The van der Waals surface area contributed by atoms with Crippen molar-refractivity contribution in [3.05, 3.63) is 11.0 Å². The minimum atomic E-state index is -0.221. The molecule has 1 aliphatic rings. The molecule has 1 rings (SSSR count). The Morgan fingerprint density at radius 1 is 1.45 bits per heavy atom. The van der Waals surface area contributed by atoms with E-state index < -0.39 is 0 Å². The molecule has 0 nitrogen and oxygen atoms in total. The molecule has 0 bridgehead atoms. The van der Waals surface area contributed by atoms with Gasteiger partial charge in [0, 0.05) is 1.37 Å².